The van der Waals surface area contributed by atoms with Crippen LogP contribution in [0.3, 0.4) is 0 Å². The van der Waals surface area contributed by atoms with E-state index >= 15 is 0 Å². The Labute approximate surface area is 190 Å². The number of hydrogen-bond donors (Lipinski definition) is 1. The summed E-state index contributed by atoms with van der Waals surface area (Å²) in [5, 5.41) is 10.9. The molecule has 1 aliphatic carbocycles. The fraction of sp³-hybridized carbons (Fsp3) is 0.458. The molecular weight excluding hydrogens is 437 g/mol. The molecule has 0 saturated heterocycles. The van der Waals surface area contributed by atoms with Gasteiger partial charge < -0.3 is 5.11 Å². The first kappa shape index (κ1) is 24.3. The zero-order valence-corrected chi connectivity index (χ0v) is 19.2. The minimum Gasteiger partial charge on any atom is -0.512 e. The van der Waals surface area contributed by atoms with E-state index in [4.69, 9.17) is 0 Å². The molecule has 0 amide bonds. The quantitative estimate of drug-likeness (QED) is 0.382. The second-order valence-corrected chi connectivity index (χ2v) is 9.11. The zero-order valence-electron chi connectivity index (χ0n) is 18.4. The van der Waals surface area contributed by atoms with E-state index in [2.05, 4.69) is 22.1 Å². The van der Waals surface area contributed by atoms with Crippen LogP contribution in [0.2, 0.25) is 0 Å². The van der Waals surface area contributed by atoms with Crippen LogP contribution in [0.1, 0.15) is 61.1 Å². The lowest BCUT2D eigenvalue weighted by atomic mass is 9.79. The van der Waals surface area contributed by atoms with E-state index in [1.807, 2.05) is 20.8 Å². The van der Waals surface area contributed by atoms with Crippen LogP contribution in [0, 0.1) is 12.8 Å². The summed E-state index contributed by atoms with van der Waals surface area (Å²) >= 11 is 1.13. The molecule has 172 valence electrons. The van der Waals surface area contributed by atoms with Crippen LogP contribution in [0.4, 0.5) is 13.2 Å². The topological polar surface area (TPSA) is 63.1 Å². The molecule has 0 fully saturated rings. The monoisotopic (exact) mass is 464 g/mol. The van der Waals surface area contributed by atoms with Gasteiger partial charge in [-0.25, -0.2) is 9.97 Å². The number of rotatable bonds is 7. The van der Waals surface area contributed by atoms with Crippen LogP contribution in [0.25, 0.3) is 5.57 Å². The normalized spacial score (nSPS) is 17.2. The molecule has 3 rings (SSSR count). The average Bonchev–Trinajstić information content (AvgIpc) is 2.73. The molecular formula is C24H27F3N2O2S. The standard InChI is InChI=1S/C24H27F3N2O2S/c1-4-16-10-14(3)11-17(5-2)21(16)22-18(30)12-15(13-19(22)31)7-9-32-23-28-8-6-20(29-23)24(25,26)27/h6,8,10-11,15,30H,4-5,7,9,12-13H2,1-3H3. The molecule has 0 aliphatic heterocycles. The maximum Gasteiger partial charge on any atom is 0.433 e. The minimum absolute atomic E-state index is 0.0576. The zero-order chi connectivity index (χ0) is 23.5. The Kier molecular flexibility index (Phi) is 7.64. The molecule has 1 unspecified atom stereocenters. The lowest BCUT2D eigenvalue weighted by Crippen LogP contribution is -2.21. The summed E-state index contributed by atoms with van der Waals surface area (Å²) in [6.07, 6.45) is -0.610. The Morgan fingerprint density at radius 3 is 2.38 bits per heavy atom. The van der Waals surface area contributed by atoms with E-state index in [1.165, 1.54) is 0 Å². The van der Waals surface area contributed by atoms with E-state index < -0.39 is 11.9 Å². The Morgan fingerprint density at radius 1 is 1.16 bits per heavy atom. The molecule has 0 radical (unpaired) electrons. The first-order chi connectivity index (χ1) is 15.1. The highest BCUT2D eigenvalue weighted by Gasteiger charge is 2.33. The third-order valence-corrected chi connectivity index (χ3v) is 6.56. The number of aliphatic hydroxyl groups excluding tert-OH is 1. The number of carbonyl (C=O) groups excluding carboxylic acids is 1. The third kappa shape index (κ3) is 5.52. The smallest absolute Gasteiger partial charge is 0.433 e. The number of ketones is 1. The first-order valence-corrected chi connectivity index (χ1v) is 11.7. The molecule has 1 atom stereocenters. The van der Waals surface area contributed by atoms with Crippen LogP contribution in [-0.4, -0.2) is 26.6 Å². The molecule has 1 aliphatic rings. The minimum atomic E-state index is -4.51. The van der Waals surface area contributed by atoms with Crippen molar-refractivity contribution in [1.82, 2.24) is 9.97 Å². The van der Waals surface area contributed by atoms with Crippen molar-refractivity contribution in [3.05, 3.63) is 58.1 Å². The van der Waals surface area contributed by atoms with Crippen LogP contribution in [-0.2, 0) is 23.8 Å². The summed E-state index contributed by atoms with van der Waals surface area (Å²) in [5.41, 5.74) is 3.60. The SMILES string of the molecule is CCc1cc(C)cc(CC)c1C1=C(O)CC(CCSc2nccc(C(F)(F)F)n2)CC1=O. The van der Waals surface area contributed by atoms with Crippen molar-refractivity contribution < 1.29 is 23.1 Å². The maximum absolute atomic E-state index is 13.1. The number of aryl methyl sites for hydroxylation is 3. The largest absolute Gasteiger partial charge is 0.512 e. The summed E-state index contributed by atoms with van der Waals surface area (Å²) in [7, 11) is 0. The molecule has 1 heterocycles. The van der Waals surface area contributed by atoms with Gasteiger partial charge in [0.25, 0.3) is 0 Å². The molecule has 8 heteroatoms. The summed E-state index contributed by atoms with van der Waals surface area (Å²) in [5.74, 6) is 0.435. The van der Waals surface area contributed by atoms with Crippen molar-refractivity contribution in [3.63, 3.8) is 0 Å². The number of aliphatic hydroxyl groups is 1. The molecule has 2 aromatic rings. The van der Waals surface area contributed by atoms with Gasteiger partial charge in [-0.3, -0.25) is 4.79 Å². The van der Waals surface area contributed by atoms with Gasteiger partial charge in [0, 0.05) is 24.8 Å². The van der Waals surface area contributed by atoms with Gasteiger partial charge in [0.15, 0.2) is 10.9 Å². The summed E-state index contributed by atoms with van der Waals surface area (Å²) in [6.45, 7) is 6.11. The van der Waals surface area contributed by atoms with E-state index in [0.717, 1.165) is 59.1 Å². The van der Waals surface area contributed by atoms with E-state index in [9.17, 15) is 23.1 Å². The predicted molar refractivity (Wildman–Crippen MR) is 120 cm³/mol. The average molecular weight is 465 g/mol. The van der Waals surface area contributed by atoms with Crippen molar-refractivity contribution in [2.75, 3.05) is 5.75 Å². The molecule has 0 saturated carbocycles. The first-order valence-electron chi connectivity index (χ1n) is 10.7. The lowest BCUT2D eigenvalue weighted by Gasteiger charge is -2.26. The van der Waals surface area contributed by atoms with E-state index in [1.54, 1.807) is 0 Å². The number of aromatic nitrogens is 2. The number of carbonyl (C=O) groups is 1. The van der Waals surface area contributed by atoms with Crippen LogP contribution >= 0.6 is 11.8 Å². The van der Waals surface area contributed by atoms with Crippen molar-refractivity contribution in [1.29, 1.82) is 0 Å². The number of nitrogens with zero attached hydrogens (tertiary/aromatic N) is 2. The van der Waals surface area contributed by atoms with Crippen LogP contribution in [0.15, 0.2) is 35.3 Å². The molecule has 1 aromatic heterocycles. The summed E-state index contributed by atoms with van der Waals surface area (Å²) in [4.78, 5) is 20.5. The molecule has 1 N–H and O–H groups in total. The molecule has 1 aromatic carbocycles. The Morgan fingerprint density at radius 2 is 1.81 bits per heavy atom. The Hall–Kier alpha value is -2.35. The van der Waals surface area contributed by atoms with Gasteiger partial charge in [0.2, 0.25) is 0 Å². The summed E-state index contributed by atoms with van der Waals surface area (Å²) < 4.78 is 38.4. The van der Waals surface area contributed by atoms with Gasteiger partial charge in [-0.2, -0.15) is 13.2 Å². The second-order valence-electron chi connectivity index (χ2n) is 8.04. The van der Waals surface area contributed by atoms with E-state index in [0.29, 0.717) is 30.6 Å². The van der Waals surface area contributed by atoms with Gasteiger partial charge in [-0.15, -0.1) is 0 Å². The van der Waals surface area contributed by atoms with Crippen molar-refractivity contribution in [2.24, 2.45) is 5.92 Å². The highest BCUT2D eigenvalue weighted by Crippen LogP contribution is 2.38. The van der Waals surface area contributed by atoms with Gasteiger partial charge in [-0.1, -0.05) is 43.3 Å². The molecule has 32 heavy (non-hydrogen) atoms. The molecule has 0 spiro atoms. The van der Waals surface area contributed by atoms with Crippen LogP contribution < -0.4 is 0 Å². The van der Waals surface area contributed by atoms with Crippen molar-refractivity contribution in [3.8, 4) is 0 Å². The molecule has 0 bridgehead atoms. The number of alkyl halides is 3. The van der Waals surface area contributed by atoms with Gasteiger partial charge >= 0.3 is 6.18 Å². The number of allylic oxidation sites excluding steroid dienone is 2. The predicted octanol–water partition coefficient (Wildman–Crippen LogP) is 6.36. The number of halogens is 3. The lowest BCUT2D eigenvalue weighted by molar-refractivity contribution is -0.141. The molecule has 4 nitrogen and oxygen atoms in total. The van der Waals surface area contributed by atoms with Gasteiger partial charge in [-0.05, 0) is 54.9 Å². The highest BCUT2D eigenvalue weighted by atomic mass is 32.2. The fourth-order valence-corrected chi connectivity index (χ4v) is 5.10. The van der Waals surface area contributed by atoms with Gasteiger partial charge in [0.05, 0.1) is 5.57 Å². The van der Waals surface area contributed by atoms with E-state index in [-0.39, 0.29) is 22.6 Å². The number of hydrogen-bond acceptors (Lipinski definition) is 5. The number of Topliss-reactive ketones (excluding diaryl/α,β-unsaturated/α-hetero) is 1. The third-order valence-electron chi connectivity index (χ3n) is 5.66. The van der Waals surface area contributed by atoms with Crippen molar-refractivity contribution >= 4 is 23.1 Å². The number of benzene rings is 1. The maximum atomic E-state index is 13.1. The van der Waals surface area contributed by atoms with Crippen molar-refractivity contribution in [2.45, 2.75) is 64.2 Å². The number of thioether (sulfide) groups is 1. The Balaban J connectivity index is 1.72. The fourth-order valence-electron chi connectivity index (χ4n) is 4.17. The second kappa shape index (κ2) is 10.1. The van der Waals surface area contributed by atoms with Gasteiger partial charge in [0.1, 0.15) is 11.5 Å². The summed E-state index contributed by atoms with van der Waals surface area (Å²) in [6, 6.07) is 4.98. The Bertz CT molecular complexity index is 1010. The van der Waals surface area contributed by atoms with Crippen LogP contribution in [0.5, 0.6) is 0 Å². The highest BCUT2D eigenvalue weighted by molar-refractivity contribution is 7.99.